The number of anilines is 1. The molecule has 1 fully saturated rings. The van der Waals surface area contributed by atoms with E-state index in [4.69, 9.17) is 4.74 Å². The first-order valence-electron chi connectivity index (χ1n) is 8.45. The fourth-order valence-electron chi connectivity index (χ4n) is 4.38. The van der Waals surface area contributed by atoms with Gasteiger partial charge in [0.1, 0.15) is 5.75 Å². The van der Waals surface area contributed by atoms with Crippen LogP contribution in [0.3, 0.4) is 0 Å². The van der Waals surface area contributed by atoms with Crippen molar-refractivity contribution in [1.82, 2.24) is 5.32 Å². The van der Waals surface area contributed by atoms with E-state index in [1.165, 1.54) is 0 Å². The Bertz CT molecular complexity index is 883. The minimum Gasteiger partial charge on any atom is -0.497 e. The average Bonchev–Trinajstić information content (AvgIpc) is 3.10. The number of fused-ring (bicyclic) bond motifs is 2. The number of nitrogens with zero attached hydrogens (tertiary/aromatic N) is 1. The maximum absolute atomic E-state index is 12.9. The molecule has 1 saturated heterocycles. The van der Waals surface area contributed by atoms with Crippen LogP contribution in [0.4, 0.5) is 5.69 Å². The van der Waals surface area contributed by atoms with Crippen molar-refractivity contribution >= 4 is 11.6 Å². The molecule has 0 aliphatic carbocycles. The number of hydrogen-bond acceptors (Lipinski definition) is 5. The summed E-state index contributed by atoms with van der Waals surface area (Å²) in [6.45, 7) is 1.88. The summed E-state index contributed by atoms with van der Waals surface area (Å²) in [5.74, 6) is -0.139. The Balaban J connectivity index is 1.86. The number of methoxy groups -OCH3 is 1. The number of amides is 1. The molecule has 0 bridgehead atoms. The van der Waals surface area contributed by atoms with Crippen molar-refractivity contribution in [3.63, 3.8) is 0 Å². The molecular formula is C19H19N3O4. The lowest BCUT2D eigenvalue weighted by Crippen LogP contribution is -2.54. The smallest absolute Gasteiger partial charge is 0.256 e. The number of hydrogen-bond donors (Lipinski definition) is 2. The predicted molar refractivity (Wildman–Crippen MR) is 95.9 cm³/mol. The van der Waals surface area contributed by atoms with Crippen LogP contribution in [0.2, 0.25) is 0 Å². The molecule has 0 aromatic heterocycles. The second-order valence-electron chi connectivity index (χ2n) is 6.77. The third-order valence-corrected chi connectivity index (χ3v) is 5.46. The Morgan fingerprint density at radius 1 is 1.15 bits per heavy atom. The fraction of sp³-hybridized carbons (Fsp3) is 0.316. The summed E-state index contributed by atoms with van der Waals surface area (Å²) in [5, 5.41) is 18.2. The van der Waals surface area contributed by atoms with Crippen molar-refractivity contribution in [3.05, 3.63) is 69.8 Å². The Morgan fingerprint density at radius 3 is 2.50 bits per heavy atom. The van der Waals surface area contributed by atoms with Crippen LogP contribution in [0.5, 0.6) is 5.75 Å². The quantitative estimate of drug-likeness (QED) is 0.652. The summed E-state index contributed by atoms with van der Waals surface area (Å²) < 4.78 is 5.18. The Morgan fingerprint density at radius 2 is 1.85 bits per heavy atom. The van der Waals surface area contributed by atoms with Crippen LogP contribution < -0.4 is 15.4 Å². The van der Waals surface area contributed by atoms with Crippen molar-refractivity contribution in [2.45, 2.75) is 30.5 Å². The van der Waals surface area contributed by atoms with Gasteiger partial charge in [-0.3, -0.25) is 20.2 Å². The van der Waals surface area contributed by atoms with Crippen LogP contribution in [-0.4, -0.2) is 30.0 Å². The molecule has 4 rings (SSSR count). The van der Waals surface area contributed by atoms with Gasteiger partial charge in [0.2, 0.25) is 0 Å². The van der Waals surface area contributed by atoms with E-state index in [0.717, 1.165) is 5.56 Å². The Hall–Kier alpha value is -2.93. The molecule has 7 nitrogen and oxygen atoms in total. The topological polar surface area (TPSA) is 93.5 Å². The van der Waals surface area contributed by atoms with Crippen LogP contribution >= 0.6 is 0 Å². The summed E-state index contributed by atoms with van der Waals surface area (Å²) in [4.78, 5) is 24.7. The van der Waals surface area contributed by atoms with Crippen LogP contribution in [0.15, 0.2) is 48.5 Å². The monoisotopic (exact) mass is 353 g/mol. The van der Waals surface area contributed by atoms with Gasteiger partial charge < -0.3 is 10.1 Å². The minimum atomic E-state index is -1.37. The molecule has 1 amide bonds. The summed E-state index contributed by atoms with van der Waals surface area (Å²) in [5.41, 5.74) is 0.694. The SMILES string of the molecule is COc1ccc([C@@H]2[C@H](C)N[C@@]3(C(=O)Nc4ccccc43)[C@@H]2[N+](=O)[O-])cc1. The maximum Gasteiger partial charge on any atom is 0.256 e. The predicted octanol–water partition coefficient (Wildman–Crippen LogP) is 2.26. The summed E-state index contributed by atoms with van der Waals surface area (Å²) in [6.07, 6.45) is 0. The van der Waals surface area contributed by atoms with E-state index in [-0.39, 0.29) is 16.9 Å². The zero-order valence-electron chi connectivity index (χ0n) is 14.4. The van der Waals surface area contributed by atoms with Crippen molar-refractivity contribution in [2.75, 3.05) is 12.4 Å². The molecule has 0 radical (unpaired) electrons. The molecule has 26 heavy (non-hydrogen) atoms. The lowest BCUT2D eigenvalue weighted by molar-refractivity contribution is -0.532. The maximum atomic E-state index is 12.9. The van der Waals surface area contributed by atoms with Gasteiger partial charge in [-0.25, -0.2) is 0 Å². The highest BCUT2D eigenvalue weighted by atomic mass is 16.6. The van der Waals surface area contributed by atoms with Crippen LogP contribution in [0.1, 0.15) is 24.0 Å². The zero-order valence-corrected chi connectivity index (χ0v) is 14.4. The Labute approximate surface area is 150 Å². The summed E-state index contributed by atoms with van der Waals surface area (Å²) in [6, 6.07) is 13.0. The largest absolute Gasteiger partial charge is 0.497 e. The first-order chi connectivity index (χ1) is 12.5. The highest BCUT2D eigenvalue weighted by Gasteiger charge is 2.67. The van der Waals surface area contributed by atoms with E-state index in [0.29, 0.717) is 17.0 Å². The zero-order chi connectivity index (χ0) is 18.5. The highest BCUT2D eigenvalue weighted by molar-refractivity contribution is 6.07. The van der Waals surface area contributed by atoms with Gasteiger partial charge in [0, 0.05) is 22.2 Å². The first-order valence-corrected chi connectivity index (χ1v) is 8.45. The van der Waals surface area contributed by atoms with E-state index in [2.05, 4.69) is 10.6 Å². The molecule has 1 spiro atoms. The number of nitro groups is 1. The number of benzene rings is 2. The lowest BCUT2D eigenvalue weighted by atomic mass is 9.78. The van der Waals surface area contributed by atoms with Gasteiger partial charge in [0.25, 0.3) is 11.9 Å². The number of carbonyl (C=O) groups excluding carboxylic acids is 1. The minimum absolute atomic E-state index is 0.254. The number of nitrogens with one attached hydrogen (secondary N) is 2. The average molecular weight is 353 g/mol. The molecule has 4 atom stereocenters. The molecule has 2 heterocycles. The molecule has 0 unspecified atom stereocenters. The molecule has 7 heteroatoms. The van der Waals surface area contributed by atoms with E-state index in [9.17, 15) is 14.9 Å². The number of carbonyl (C=O) groups is 1. The molecule has 2 aliphatic heterocycles. The molecule has 2 aromatic rings. The highest BCUT2D eigenvalue weighted by Crippen LogP contribution is 2.49. The van der Waals surface area contributed by atoms with Gasteiger partial charge >= 0.3 is 0 Å². The number of rotatable bonds is 3. The number of ether oxygens (including phenoxy) is 1. The van der Waals surface area contributed by atoms with E-state index < -0.39 is 17.5 Å². The fourth-order valence-corrected chi connectivity index (χ4v) is 4.38. The van der Waals surface area contributed by atoms with Gasteiger partial charge in [-0.1, -0.05) is 30.3 Å². The number of para-hydroxylation sites is 1. The van der Waals surface area contributed by atoms with Gasteiger partial charge in [-0.2, -0.15) is 0 Å². The molecule has 2 N–H and O–H groups in total. The van der Waals surface area contributed by atoms with Gasteiger partial charge in [0.05, 0.1) is 13.0 Å². The third-order valence-electron chi connectivity index (χ3n) is 5.46. The van der Waals surface area contributed by atoms with Crippen molar-refractivity contribution < 1.29 is 14.5 Å². The Kier molecular flexibility index (Phi) is 3.69. The van der Waals surface area contributed by atoms with Crippen molar-refractivity contribution in [2.24, 2.45) is 0 Å². The molecule has 2 aliphatic rings. The molecule has 134 valence electrons. The van der Waals surface area contributed by atoms with E-state index in [1.807, 2.05) is 19.1 Å². The normalized spacial score (nSPS) is 29.5. The second-order valence-corrected chi connectivity index (χ2v) is 6.77. The van der Waals surface area contributed by atoms with E-state index >= 15 is 0 Å². The summed E-state index contributed by atoms with van der Waals surface area (Å²) >= 11 is 0. The van der Waals surface area contributed by atoms with E-state index in [1.54, 1.807) is 43.5 Å². The van der Waals surface area contributed by atoms with Crippen LogP contribution in [0, 0.1) is 10.1 Å². The molecule has 2 aromatic carbocycles. The van der Waals surface area contributed by atoms with Gasteiger partial charge in [-0.15, -0.1) is 0 Å². The molecular weight excluding hydrogens is 334 g/mol. The molecule has 0 saturated carbocycles. The first kappa shape index (κ1) is 16.5. The second kappa shape index (κ2) is 5.81. The van der Waals surface area contributed by atoms with Crippen molar-refractivity contribution in [3.8, 4) is 5.75 Å². The lowest BCUT2D eigenvalue weighted by Gasteiger charge is -2.25. The van der Waals surface area contributed by atoms with Crippen LogP contribution in [-0.2, 0) is 10.3 Å². The third kappa shape index (κ3) is 2.13. The standard InChI is InChI=1S/C19H19N3O4/c1-11-16(12-7-9-13(26-2)10-8-12)17(22(24)25)19(21-11)14-5-3-4-6-15(14)20-18(19)23/h3-11,16-17,21H,1-2H3,(H,20,23)/t11-,16-,17+,19+/m0/s1. The van der Waals surface area contributed by atoms with Crippen LogP contribution in [0.25, 0.3) is 0 Å². The summed E-state index contributed by atoms with van der Waals surface area (Å²) in [7, 11) is 1.57. The van der Waals surface area contributed by atoms with Gasteiger partial charge in [-0.05, 0) is 30.7 Å². The van der Waals surface area contributed by atoms with Gasteiger partial charge in [0.15, 0.2) is 5.54 Å². The van der Waals surface area contributed by atoms with Crippen molar-refractivity contribution in [1.29, 1.82) is 0 Å².